The molecule has 2 atom stereocenters. The molecule has 0 aromatic heterocycles. The summed E-state index contributed by atoms with van der Waals surface area (Å²) >= 11 is 0. The first-order valence-corrected chi connectivity index (χ1v) is 7.86. The van der Waals surface area contributed by atoms with E-state index in [4.69, 9.17) is 23.3 Å². The molecule has 0 aromatic carbocycles. The molecule has 0 N–H and O–H groups in total. The van der Waals surface area contributed by atoms with Gasteiger partial charge < -0.3 is 9.47 Å². The van der Waals surface area contributed by atoms with Gasteiger partial charge in [-0.2, -0.15) is 0 Å². The maximum Gasteiger partial charge on any atom is 0 e. The summed E-state index contributed by atoms with van der Waals surface area (Å²) in [5.74, 6) is -1.28. The minimum Gasteiger partial charge on any atom is 0 e. The van der Waals surface area contributed by atoms with Gasteiger partial charge >= 0.3 is 68.5 Å². The molecule has 12 heteroatoms. The van der Waals surface area contributed by atoms with Gasteiger partial charge in [-0.15, -0.1) is 0 Å². The average Bonchev–Trinajstić information content (AvgIpc) is 3.21. The first-order chi connectivity index (χ1) is 13.5. The standard InChI is InChI=1S/C12H14FO4P.5CO.Cr/c1-5-6(2)10-8(12(15)17-4)7(11(14)16-3)9(5)18(10)13;5*1-2;/h9-10H,1-4H3;;;;;;. The van der Waals surface area contributed by atoms with Crippen LogP contribution >= 0.6 is 8.23 Å². The van der Waals surface area contributed by atoms with Gasteiger partial charge in [-0.25, -0.2) is 13.8 Å². The fourth-order valence-electron chi connectivity index (χ4n) is 2.59. The van der Waals surface area contributed by atoms with Gasteiger partial charge in [0.1, 0.15) is 8.23 Å². The molecule has 0 saturated heterocycles. The van der Waals surface area contributed by atoms with E-state index in [0.717, 1.165) is 11.1 Å². The van der Waals surface area contributed by atoms with Crippen LogP contribution in [0.2, 0.25) is 0 Å². The van der Waals surface area contributed by atoms with E-state index >= 15 is 0 Å². The van der Waals surface area contributed by atoms with Crippen LogP contribution in [0.1, 0.15) is 13.8 Å². The van der Waals surface area contributed by atoms with E-state index < -0.39 is 31.5 Å². The molecule has 2 aliphatic heterocycles. The van der Waals surface area contributed by atoms with E-state index in [0.29, 0.717) is 0 Å². The Balaban J connectivity index is -0.000000153. The summed E-state index contributed by atoms with van der Waals surface area (Å²) in [6.07, 6.45) is 0. The Morgan fingerprint density at radius 3 is 1.14 bits per heavy atom. The maximum atomic E-state index is 14.3. The zero-order valence-corrected chi connectivity index (χ0v) is 17.7. The van der Waals surface area contributed by atoms with Crippen molar-refractivity contribution in [3.63, 3.8) is 0 Å². The van der Waals surface area contributed by atoms with Crippen LogP contribution < -0.4 is 0 Å². The summed E-state index contributed by atoms with van der Waals surface area (Å²) in [6.45, 7) is 26.1. The van der Waals surface area contributed by atoms with Gasteiger partial charge in [0.05, 0.1) is 36.7 Å². The number of hydrogen-bond acceptors (Lipinski definition) is 4. The quantitative estimate of drug-likeness (QED) is 0.201. The van der Waals surface area contributed by atoms with Gasteiger partial charge in [0.15, 0.2) is 0 Å². The summed E-state index contributed by atoms with van der Waals surface area (Å²) in [7, 11) is 0.490. The number of esters is 2. The fourth-order valence-corrected chi connectivity index (χ4v) is 5.02. The largest absolute Gasteiger partial charge is 0 e. The van der Waals surface area contributed by atoms with Gasteiger partial charge in [-0.1, -0.05) is 11.1 Å². The number of carbonyl (C=O) groups excluding carboxylic acids is 2. The summed E-state index contributed by atoms with van der Waals surface area (Å²) in [6, 6.07) is 0. The summed E-state index contributed by atoms with van der Waals surface area (Å²) in [5.41, 5.74) is 0.749. The smallest absolute Gasteiger partial charge is 0 e. The Hall–Kier alpha value is -1.99. The van der Waals surface area contributed by atoms with Crippen molar-refractivity contribution < 1.29 is 63.9 Å². The number of fused-ring (bicyclic) bond motifs is 2. The second-order valence-corrected chi connectivity index (χ2v) is 6.05. The van der Waals surface area contributed by atoms with Crippen molar-refractivity contribution in [2.45, 2.75) is 25.2 Å². The molecular formula is C17H14CrFO9P. The second kappa shape index (κ2) is 22.3. The molecule has 0 saturated carbocycles. The van der Waals surface area contributed by atoms with E-state index in [1.54, 1.807) is 13.8 Å². The zero-order chi connectivity index (χ0) is 23.6. The van der Waals surface area contributed by atoms with E-state index in [9.17, 15) is 13.8 Å². The van der Waals surface area contributed by atoms with Gasteiger partial charge in [0, 0.05) is 17.4 Å². The molecule has 2 aliphatic rings. The number of ether oxygens (including phenoxy) is 2. The molecular weight excluding hydrogens is 450 g/mol. The van der Waals surface area contributed by atoms with Crippen molar-refractivity contribution in [3.05, 3.63) is 55.5 Å². The topological polar surface area (TPSA) is 152 Å². The minimum atomic E-state index is -1.96. The first kappa shape index (κ1) is 37.7. The Morgan fingerprint density at radius 2 is 0.966 bits per heavy atom. The van der Waals surface area contributed by atoms with Gasteiger partial charge in [-0.05, 0) is 13.8 Å². The Bertz CT molecular complexity index is 627. The number of halogens is 1. The van der Waals surface area contributed by atoms with Crippen LogP contribution in [0, 0.1) is 33.3 Å². The predicted molar refractivity (Wildman–Crippen MR) is 84.7 cm³/mol. The Labute approximate surface area is 179 Å². The molecule has 0 radical (unpaired) electrons. The van der Waals surface area contributed by atoms with Crippen LogP contribution in [-0.2, 0) is 59.7 Å². The minimum absolute atomic E-state index is 0. The van der Waals surface area contributed by atoms with E-state index in [-0.39, 0.29) is 28.5 Å². The van der Waals surface area contributed by atoms with Crippen molar-refractivity contribution in [1.82, 2.24) is 0 Å². The summed E-state index contributed by atoms with van der Waals surface area (Å²) < 4.78 is 61.2. The van der Waals surface area contributed by atoms with E-state index in [2.05, 4.69) is 42.7 Å². The van der Waals surface area contributed by atoms with Gasteiger partial charge in [0.2, 0.25) is 0 Å². The average molecular weight is 464 g/mol. The molecule has 0 fully saturated rings. The molecule has 2 bridgehead atoms. The molecule has 0 aromatic rings. The molecule has 0 amide bonds. The Morgan fingerprint density at radius 1 is 0.759 bits per heavy atom. The van der Waals surface area contributed by atoms with Crippen molar-refractivity contribution in [2.24, 2.45) is 0 Å². The number of rotatable bonds is 2. The predicted octanol–water partition coefficient (Wildman–Crippen LogP) is 1.91. The van der Waals surface area contributed by atoms with Crippen LogP contribution in [0.15, 0.2) is 22.3 Å². The SMILES string of the molecule is COC(=O)C1=C(C(=O)OC)C2C(C)=C(C)C1P2F.[C-]#[O+].[C-]#[O+].[C-]#[O+].[C-]#[O+].[C-]#[O+].[Cr]. The van der Waals surface area contributed by atoms with Crippen molar-refractivity contribution >= 4 is 20.2 Å². The van der Waals surface area contributed by atoms with E-state index in [1.165, 1.54) is 14.2 Å². The number of hydrogen-bond donors (Lipinski definition) is 0. The molecule has 0 spiro atoms. The van der Waals surface area contributed by atoms with Gasteiger partial charge in [-0.3, -0.25) is 0 Å². The number of methoxy groups -OCH3 is 2. The molecule has 2 heterocycles. The van der Waals surface area contributed by atoms with E-state index in [1.807, 2.05) is 0 Å². The molecule has 2 rings (SSSR count). The molecule has 9 nitrogen and oxygen atoms in total. The van der Waals surface area contributed by atoms with Crippen LogP contribution in [-0.4, -0.2) is 37.5 Å². The van der Waals surface area contributed by atoms with Crippen LogP contribution in [0.25, 0.3) is 0 Å². The second-order valence-electron chi connectivity index (χ2n) is 4.33. The van der Waals surface area contributed by atoms with Crippen LogP contribution in [0.5, 0.6) is 0 Å². The third kappa shape index (κ3) is 8.50. The summed E-state index contributed by atoms with van der Waals surface area (Å²) in [5, 5.41) is 0. The third-order valence-electron chi connectivity index (χ3n) is 3.58. The molecule has 0 aliphatic carbocycles. The Kier molecular flexibility index (Phi) is 29.0. The maximum absolute atomic E-state index is 14.3. The number of allylic oxidation sites excluding steroid dienone is 2. The van der Waals surface area contributed by atoms with Crippen molar-refractivity contribution in [2.75, 3.05) is 14.2 Å². The zero-order valence-electron chi connectivity index (χ0n) is 15.6. The van der Waals surface area contributed by atoms with Crippen LogP contribution in [0.4, 0.5) is 4.20 Å². The van der Waals surface area contributed by atoms with Crippen molar-refractivity contribution in [3.8, 4) is 0 Å². The molecule has 2 unspecified atom stereocenters. The molecule has 154 valence electrons. The first-order valence-electron chi connectivity index (χ1n) is 6.49. The van der Waals surface area contributed by atoms with Gasteiger partial charge in [0.25, 0.3) is 0 Å². The van der Waals surface area contributed by atoms with Crippen molar-refractivity contribution in [1.29, 1.82) is 0 Å². The molecule has 29 heavy (non-hydrogen) atoms. The van der Waals surface area contributed by atoms with Crippen LogP contribution in [0.3, 0.4) is 0 Å². The number of carbonyl (C=O) groups is 2. The summed E-state index contributed by atoms with van der Waals surface area (Å²) in [4.78, 5) is 23.5. The monoisotopic (exact) mass is 464 g/mol. The fraction of sp³-hybridized carbons (Fsp3) is 0.353. The normalized spacial score (nSPS) is 18.9. The third-order valence-corrected chi connectivity index (χ3v) is 5.86.